The lowest BCUT2D eigenvalue weighted by atomic mass is 9.76. The first-order valence-electron chi connectivity index (χ1n) is 7.13. The van der Waals surface area contributed by atoms with Crippen molar-refractivity contribution < 1.29 is 0 Å². The SMILES string of the molecule is CCC1CCC(C(N)c2ccc(Cl)c(C)c2)CC1. The van der Waals surface area contributed by atoms with Crippen LogP contribution in [-0.4, -0.2) is 0 Å². The standard InChI is InChI=1S/C16H24ClN/c1-3-12-4-6-13(7-5-12)16(18)14-8-9-15(17)11(2)10-14/h8-10,12-13,16H,3-7,18H2,1-2H3. The average molecular weight is 266 g/mol. The first-order chi connectivity index (χ1) is 8.61. The zero-order valence-electron chi connectivity index (χ0n) is 11.5. The fourth-order valence-corrected chi connectivity index (χ4v) is 3.22. The Bertz CT molecular complexity index is 394. The zero-order valence-corrected chi connectivity index (χ0v) is 12.2. The van der Waals surface area contributed by atoms with Gasteiger partial charge in [-0.3, -0.25) is 0 Å². The second kappa shape index (κ2) is 6.08. The van der Waals surface area contributed by atoms with E-state index in [0.29, 0.717) is 5.92 Å². The maximum Gasteiger partial charge on any atom is 0.0435 e. The van der Waals surface area contributed by atoms with E-state index in [1.807, 2.05) is 13.0 Å². The highest BCUT2D eigenvalue weighted by Gasteiger charge is 2.25. The van der Waals surface area contributed by atoms with E-state index in [-0.39, 0.29) is 6.04 Å². The van der Waals surface area contributed by atoms with E-state index in [1.165, 1.54) is 37.7 Å². The van der Waals surface area contributed by atoms with Crippen LogP contribution >= 0.6 is 11.6 Å². The maximum atomic E-state index is 6.43. The number of hydrogen-bond donors (Lipinski definition) is 1. The summed E-state index contributed by atoms with van der Waals surface area (Å²) in [7, 11) is 0. The van der Waals surface area contributed by atoms with Gasteiger partial charge in [0.1, 0.15) is 0 Å². The minimum Gasteiger partial charge on any atom is -0.324 e. The molecule has 0 aromatic heterocycles. The predicted molar refractivity (Wildman–Crippen MR) is 78.9 cm³/mol. The Balaban J connectivity index is 2.03. The molecule has 1 unspecified atom stereocenters. The van der Waals surface area contributed by atoms with Crippen molar-refractivity contribution >= 4 is 11.6 Å². The summed E-state index contributed by atoms with van der Waals surface area (Å²) < 4.78 is 0. The first kappa shape index (κ1) is 13.9. The molecule has 0 heterocycles. The Morgan fingerprint density at radius 1 is 1.28 bits per heavy atom. The molecule has 1 atom stereocenters. The van der Waals surface area contributed by atoms with Crippen molar-refractivity contribution in [2.24, 2.45) is 17.6 Å². The molecule has 1 aromatic carbocycles. The van der Waals surface area contributed by atoms with Crippen molar-refractivity contribution in [1.29, 1.82) is 0 Å². The molecule has 0 amide bonds. The summed E-state index contributed by atoms with van der Waals surface area (Å²) in [5.41, 5.74) is 8.81. The Morgan fingerprint density at radius 2 is 1.94 bits per heavy atom. The summed E-state index contributed by atoms with van der Waals surface area (Å²) >= 11 is 6.07. The van der Waals surface area contributed by atoms with E-state index >= 15 is 0 Å². The third-order valence-electron chi connectivity index (χ3n) is 4.54. The molecule has 100 valence electrons. The van der Waals surface area contributed by atoms with Crippen LogP contribution < -0.4 is 5.73 Å². The number of aryl methyl sites for hydroxylation is 1. The van der Waals surface area contributed by atoms with Gasteiger partial charge in [-0.1, -0.05) is 49.9 Å². The van der Waals surface area contributed by atoms with Crippen LogP contribution in [0.2, 0.25) is 5.02 Å². The van der Waals surface area contributed by atoms with E-state index in [4.69, 9.17) is 17.3 Å². The van der Waals surface area contributed by atoms with Gasteiger partial charge in [-0.2, -0.15) is 0 Å². The van der Waals surface area contributed by atoms with Gasteiger partial charge in [0.25, 0.3) is 0 Å². The van der Waals surface area contributed by atoms with E-state index in [0.717, 1.165) is 16.5 Å². The zero-order chi connectivity index (χ0) is 13.1. The molecule has 1 aliphatic carbocycles. The summed E-state index contributed by atoms with van der Waals surface area (Å²) in [4.78, 5) is 0. The highest BCUT2D eigenvalue weighted by molar-refractivity contribution is 6.31. The van der Waals surface area contributed by atoms with Crippen LogP contribution in [0.4, 0.5) is 0 Å². The van der Waals surface area contributed by atoms with Crippen molar-refractivity contribution in [3.8, 4) is 0 Å². The molecule has 1 saturated carbocycles. The monoisotopic (exact) mass is 265 g/mol. The van der Waals surface area contributed by atoms with Crippen molar-refractivity contribution in [1.82, 2.24) is 0 Å². The summed E-state index contributed by atoms with van der Waals surface area (Å²) in [5.74, 6) is 1.58. The Kier molecular flexibility index (Phi) is 4.69. The van der Waals surface area contributed by atoms with E-state index < -0.39 is 0 Å². The normalized spacial score (nSPS) is 26.0. The van der Waals surface area contributed by atoms with Gasteiger partial charge in [-0.25, -0.2) is 0 Å². The van der Waals surface area contributed by atoms with Gasteiger partial charge < -0.3 is 5.73 Å². The molecule has 2 rings (SSSR count). The molecule has 0 aliphatic heterocycles. The lowest BCUT2D eigenvalue weighted by molar-refractivity contribution is 0.240. The molecule has 2 N–H and O–H groups in total. The smallest absolute Gasteiger partial charge is 0.0435 e. The van der Waals surface area contributed by atoms with Crippen LogP contribution in [0.3, 0.4) is 0 Å². The third kappa shape index (κ3) is 3.07. The molecule has 0 radical (unpaired) electrons. The highest BCUT2D eigenvalue weighted by atomic mass is 35.5. The summed E-state index contributed by atoms with van der Waals surface area (Å²) in [6, 6.07) is 6.40. The van der Waals surface area contributed by atoms with Crippen LogP contribution in [0, 0.1) is 18.8 Å². The minimum absolute atomic E-state index is 0.179. The molecular formula is C16H24ClN. The highest BCUT2D eigenvalue weighted by Crippen LogP contribution is 2.37. The van der Waals surface area contributed by atoms with Gasteiger partial charge in [0.05, 0.1) is 0 Å². The van der Waals surface area contributed by atoms with Crippen molar-refractivity contribution in [3.63, 3.8) is 0 Å². The van der Waals surface area contributed by atoms with Crippen LogP contribution in [0.5, 0.6) is 0 Å². The summed E-state index contributed by atoms with van der Waals surface area (Å²) in [5, 5.41) is 0.834. The number of rotatable bonds is 3. The number of nitrogens with two attached hydrogens (primary N) is 1. The van der Waals surface area contributed by atoms with Gasteiger partial charge in [0, 0.05) is 11.1 Å². The predicted octanol–water partition coefficient (Wildman–Crippen LogP) is 4.86. The molecule has 1 fully saturated rings. The molecular weight excluding hydrogens is 242 g/mol. The van der Waals surface area contributed by atoms with Crippen LogP contribution in [-0.2, 0) is 0 Å². The van der Waals surface area contributed by atoms with E-state index in [1.54, 1.807) is 0 Å². The number of halogens is 1. The largest absolute Gasteiger partial charge is 0.324 e. The van der Waals surface area contributed by atoms with Crippen molar-refractivity contribution in [3.05, 3.63) is 34.3 Å². The molecule has 0 saturated heterocycles. The molecule has 2 heteroatoms. The Morgan fingerprint density at radius 3 is 2.50 bits per heavy atom. The average Bonchev–Trinajstić information content (AvgIpc) is 2.41. The lowest BCUT2D eigenvalue weighted by Gasteiger charge is -2.32. The van der Waals surface area contributed by atoms with Gasteiger partial charge >= 0.3 is 0 Å². The fourth-order valence-electron chi connectivity index (χ4n) is 3.10. The van der Waals surface area contributed by atoms with Crippen LogP contribution in [0.15, 0.2) is 18.2 Å². The molecule has 1 aliphatic rings. The molecule has 0 spiro atoms. The second-order valence-corrected chi connectivity index (χ2v) is 6.13. The van der Waals surface area contributed by atoms with Gasteiger partial charge in [0.2, 0.25) is 0 Å². The number of benzene rings is 1. The topological polar surface area (TPSA) is 26.0 Å². The van der Waals surface area contributed by atoms with Crippen molar-refractivity contribution in [2.75, 3.05) is 0 Å². The van der Waals surface area contributed by atoms with Crippen LogP contribution in [0.1, 0.15) is 56.2 Å². The van der Waals surface area contributed by atoms with Crippen molar-refractivity contribution in [2.45, 2.75) is 52.0 Å². The third-order valence-corrected chi connectivity index (χ3v) is 4.97. The van der Waals surface area contributed by atoms with Gasteiger partial charge in [-0.15, -0.1) is 0 Å². The summed E-state index contributed by atoms with van der Waals surface area (Å²) in [6.45, 7) is 4.35. The van der Waals surface area contributed by atoms with Crippen LogP contribution in [0.25, 0.3) is 0 Å². The fraction of sp³-hybridized carbons (Fsp3) is 0.625. The quantitative estimate of drug-likeness (QED) is 0.829. The second-order valence-electron chi connectivity index (χ2n) is 5.72. The van der Waals surface area contributed by atoms with Gasteiger partial charge in [-0.05, 0) is 48.8 Å². The lowest BCUT2D eigenvalue weighted by Crippen LogP contribution is -2.26. The molecule has 0 bridgehead atoms. The Hall–Kier alpha value is -0.530. The Labute approximate surface area is 116 Å². The van der Waals surface area contributed by atoms with E-state index in [9.17, 15) is 0 Å². The minimum atomic E-state index is 0.179. The first-order valence-corrected chi connectivity index (χ1v) is 7.51. The molecule has 18 heavy (non-hydrogen) atoms. The van der Waals surface area contributed by atoms with E-state index in [2.05, 4.69) is 19.1 Å². The number of hydrogen-bond acceptors (Lipinski definition) is 1. The molecule has 1 nitrogen and oxygen atoms in total. The van der Waals surface area contributed by atoms with Gasteiger partial charge in [0.15, 0.2) is 0 Å². The molecule has 1 aromatic rings. The summed E-state index contributed by atoms with van der Waals surface area (Å²) in [6.07, 6.45) is 6.58. The maximum absolute atomic E-state index is 6.43.